The molecule has 0 bridgehead atoms. The van der Waals surface area contributed by atoms with E-state index in [1.165, 1.54) is 6.20 Å². The molecule has 0 unspecified atom stereocenters. The van der Waals surface area contributed by atoms with Gasteiger partial charge < -0.3 is 0 Å². The van der Waals surface area contributed by atoms with E-state index >= 15 is 0 Å². The fraction of sp³-hybridized carbons (Fsp3) is 0.267. The predicted octanol–water partition coefficient (Wildman–Crippen LogP) is 3.83. The Morgan fingerprint density at radius 3 is 2.24 bits per heavy atom. The molecular formula is C15H17ClN2O2S. The first kappa shape index (κ1) is 15.8. The Morgan fingerprint density at radius 2 is 1.71 bits per heavy atom. The molecule has 1 aromatic heterocycles. The minimum atomic E-state index is -3.67. The molecule has 0 fully saturated rings. The molecule has 0 aliphatic rings. The number of aromatic nitrogens is 1. The van der Waals surface area contributed by atoms with Crippen molar-refractivity contribution in [3.05, 3.63) is 53.3 Å². The van der Waals surface area contributed by atoms with E-state index in [1.807, 2.05) is 12.1 Å². The quantitative estimate of drug-likeness (QED) is 0.873. The number of nitrogens with zero attached hydrogens (tertiary/aromatic N) is 1. The third-order valence-electron chi connectivity index (χ3n) is 3.03. The Kier molecular flexibility index (Phi) is 4.25. The highest BCUT2D eigenvalue weighted by atomic mass is 35.5. The molecule has 2 rings (SSSR count). The number of pyridine rings is 1. The number of halogens is 1. The molecule has 0 aliphatic carbocycles. The molecule has 0 aliphatic heterocycles. The lowest BCUT2D eigenvalue weighted by Crippen LogP contribution is -2.15. The lowest BCUT2D eigenvalue weighted by molar-refractivity contribution is 0.587. The number of anilines is 1. The molecule has 6 heteroatoms. The molecule has 0 radical (unpaired) electrons. The number of hydrogen-bond acceptors (Lipinski definition) is 3. The molecule has 0 saturated carbocycles. The number of sulfonamides is 1. The second-order valence-corrected chi connectivity index (χ2v) is 7.76. The molecule has 2 aromatic rings. The van der Waals surface area contributed by atoms with Crippen LogP contribution in [-0.4, -0.2) is 13.4 Å². The van der Waals surface area contributed by atoms with Crippen LogP contribution in [-0.2, 0) is 15.4 Å². The van der Waals surface area contributed by atoms with Crippen LogP contribution in [0.1, 0.15) is 26.3 Å². The summed E-state index contributed by atoms with van der Waals surface area (Å²) in [5, 5.41) is 0.118. The molecule has 0 atom stereocenters. The molecule has 21 heavy (non-hydrogen) atoms. The van der Waals surface area contributed by atoms with Crippen LogP contribution in [0.2, 0.25) is 5.15 Å². The third kappa shape index (κ3) is 3.74. The molecular weight excluding hydrogens is 308 g/mol. The second-order valence-electron chi connectivity index (χ2n) is 5.72. The Morgan fingerprint density at radius 1 is 1.10 bits per heavy atom. The molecule has 0 spiro atoms. The van der Waals surface area contributed by atoms with Crippen molar-refractivity contribution in [2.75, 3.05) is 4.72 Å². The average molecular weight is 325 g/mol. The van der Waals surface area contributed by atoms with Crippen molar-refractivity contribution >= 4 is 27.3 Å². The van der Waals surface area contributed by atoms with Gasteiger partial charge >= 0.3 is 0 Å². The molecule has 0 amide bonds. The molecule has 0 saturated heterocycles. The summed E-state index contributed by atoms with van der Waals surface area (Å²) in [4.78, 5) is 4.03. The largest absolute Gasteiger partial charge is 0.276 e. The van der Waals surface area contributed by atoms with Gasteiger partial charge in [0.15, 0.2) is 5.15 Å². The van der Waals surface area contributed by atoms with E-state index in [0.29, 0.717) is 0 Å². The van der Waals surface area contributed by atoms with Crippen molar-refractivity contribution < 1.29 is 8.42 Å². The highest BCUT2D eigenvalue weighted by Gasteiger charge is 2.18. The second kappa shape index (κ2) is 5.66. The zero-order valence-electron chi connectivity index (χ0n) is 12.1. The van der Waals surface area contributed by atoms with Crippen LogP contribution >= 0.6 is 11.6 Å². The van der Waals surface area contributed by atoms with Gasteiger partial charge in [-0.15, -0.1) is 0 Å². The summed E-state index contributed by atoms with van der Waals surface area (Å²) in [7, 11) is -3.67. The summed E-state index contributed by atoms with van der Waals surface area (Å²) < 4.78 is 27.1. The summed E-state index contributed by atoms with van der Waals surface area (Å²) >= 11 is 5.86. The molecule has 1 aromatic carbocycles. The maximum Gasteiger partial charge on any atom is 0.261 e. The van der Waals surface area contributed by atoms with Crippen molar-refractivity contribution in [2.45, 2.75) is 31.1 Å². The average Bonchev–Trinajstić information content (AvgIpc) is 2.40. The standard InChI is InChI=1S/C15H17ClN2O2S/c1-15(2,3)11-6-8-12(9-7-11)21(19,20)18-13-5-4-10-17-14(13)16/h4-10,18H,1-3H3. The third-order valence-corrected chi connectivity index (χ3v) is 4.72. The van der Waals surface area contributed by atoms with Crippen LogP contribution < -0.4 is 4.72 Å². The number of hydrogen-bond donors (Lipinski definition) is 1. The van der Waals surface area contributed by atoms with Gasteiger partial charge in [-0.25, -0.2) is 13.4 Å². The fourth-order valence-corrected chi connectivity index (χ4v) is 3.09. The Hall–Kier alpha value is -1.59. The highest BCUT2D eigenvalue weighted by Crippen LogP contribution is 2.25. The van der Waals surface area contributed by atoms with Gasteiger partial charge in [0.25, 0.3) is 10.0 Å². The Labute approximate surface area is 130 Å². The lowest BCUT2D eigenvalue weighted by Gasteiger charge is -2.19. The smallest absolute Gasteiger partial charge is 0.261 e. The van der Waals surface area contributed by atoms with Gasteiger partial charge in [0.2, 0.25) is 0 Å². The summed E-state index contributed by atoms with van der Waals surface area (Å²) in [6.07, 6.45) is 1.50. The normalized spacial score (nSPS) is 12.2. The Bertz CT molecular complexity index is 735. The van der Waals surface area contributed by atoms with Crippen LogP contribution in [0.5, 0.6) is 0 Å². The van der Waals surface area contributed by atoms with Gasteiger partial charge in [-0.2, -0.15) is 0 Å². The van der Waals surface area contributed by atoms with Gasteiger partial charge in [0.1, 0.15) is 0 Å². The zero-order valence-corrected chi connectivity index (χ0v) is 13.7. The maximum atomic E-state index is 12.3. The van der Waals surface area contributed by atoms with E-state index in [2.05, 4.69) is 30.5 Å². The predicted molar refractivity (Wildman–Crippen MR) is 85.2 cm³/mol. The SMILES string of the molecule is CC(C)(C)c1ccc(S(=O)(=O)Nc2cccnc2Cl)cc1. The van der Waals surface area contributed by atoms with Gasteiger partial charge in [-0.3, -0.25) is 4.72 Å². The summed E-state index contributed by atoms with van der Waals surface area (Å²) in [5.41, 5.74) is 1.31. The monoisotopic (exact) mass is 324 g/mol. The zero-order chi connectivity index (χ0) is 15.7. The molecule has 112 valence electrons. The minimum absolute atomic E-state index is 0.0254. The Balaban J connectivity index is 2.30. The summed E-state index contributed by atoms with van der Waals surface area (Å²) in [6.45, 7) is 6.22. The van der Waals surface area contributed by atoms with E-state index in [-0.39, 0.29) is 21.2 Å². The molecule has 4 nitrogen and oxygen atoms in total. The van der Waals surface area contributed by atoms with E-state index in [1.54, 1.807) is 24.3 Å². The number of benzene rings is 1. The summed E-state index contributed by atoms with van der Waals surface area (Å²) in [6, 6.07) is 10.0. The van der Waals surface area contributed by atoms with Gasteiger partial charge in [0, 0.05) is 6.20 Å². The first-order valence-corrected chi connectivity index (χ1v) is 8.30. The number of rotatable bonds is 3. The van der Waals surface area contributed by atoms with E-state index in [0.717, 1.165) is 5.56 Å². The lowest BCUT2D eigenvalue weighted by atomic mass is 9.87. The van der Waals surface area contributed by atoms with Crippen LogP contribution in [0.3, 0.4) is 0 Å². The first-order chi connectivity index (χ1) is 9.70. The van der Waals surface area contributed by atoms with Crippen molar-refractivity contribution in [1.29, 1.82) is 0 Å². The number of nitrogens with one attached hydrogen (secondary N) is 1. The minimum Gasteiger partial charge on any atom is -0.276 e. The topological polar surface area (TPSA) is 59.1 Å². The van der Waals surface area contributed by atoms with Crippen LogP contribution in [0, 0.1) is 0 Å². The fourth-order valence-electron chi connectivity index (χ4n) is 1.80. The van der Waals surface area contributed by atoms with E-state index in [9.17, 15) is 8.42 Å². The van der Waals surface area contributed by atoms with Gasteiger partial charge in [-0.05, 0) is 35.2 Å². The van der Waals surface area contributed by atoms with Crippen molar-refractivity contribution in [3.8, 4) is 0 Å². The summed E-state index contributed by atoms with van der Waals surface area (Å²) in [5.74, 6) is 0. The van der Waals surface area contributed by atoms with E-state index in [4.69, 9.17) is 11.6 Å². The van der Waals surface area contributed by atoms with Crippen LogP contribution in [0.25, 0.3) is 0 Å². The van der Waals surface area contributed by atoms with Gasteiger partial charge in [0.05, 0.1) is 10.6 Å². The first-order valence-electron chi connectivity index (χ1n) is 6.44. The maximum absolute atomic E-state index is 12.3. The van der Waals surface area contributed by atoms with E-state index < -0.39 is 10.0 Å². The molecule has 1 N–H and O–H groups in total. The highest BCUT2D eigenvalue weighted by molar-refractivity contribution is 7.92. The van der Waals surface area contributed by atoms with Crippen LogP contribution in [0.4, 0.5) is 5.69 Å². The van der Waals surface area contributed by atoms with Crippen LogP contribution in [0.15, 0.2) is 47.5 Å². The van der Waals surface area contributed by atoms with Crippen molar-refractivity contribution in [1.82, 2.24) is 4.98 Å². The molecule has 1 heterocycles. The van der Waals surface area contributed by atoms with Gasteiger partial charge in [-0.1, -0.05) is 44.5 Å². The van der Waals surface area contributed by atoms with Crippen molar-refractivity contribution in [3.63, 3.8) is 0 Å². The van der Waals surface area contributed by atoms with Crippen molar-refractivity contribution in [2.24, 2.45) is 0 Å².